The maximum atomic E-state index is 9.36. The summed E-state index contributed by atoms with van der Waals surface area (Å²) in [5, 5.41) is 18.6. The largest absolute Gasteiger partial charge is 0.477 e. The fraction of sp³-hybridized carbons (Fsp3) is 0.143. The van der Waals surface area contributed by atoms with Gasteiger partial charge in [0.25, 0.3) is 0 Å². The summed E-state index contributed by atoms with van der Waals surface area (Å²) in [6.45, 7) is 2.13. The highest BCUT2D eigenvalue weighted by Gasteiger charge is 2.20. The molecule has 0 saturated heterocycles. The lowest BCUT2D eigenvalue weighted by molar-refractivity contribution is 0.326. The van der Waals surface area contributed by atoms with Crippen LogP contribution in [0, 0.1) is 22.7 Å². The van der Waals surface area contributed by atoms with Gasteiger partial charge in [-0.2, -0.15) is 15.5 Å². The molecule has 2 N–H and O–H groups in total. The van der Waals surface area contributed by atoms with Crippen LogP contribution in [-0.2, 0) is 0 Å². The van der Waals surface area contributed by atoms with Crippen molar-refractivity contribution in [1.29, 1.82) is 10.5 Å². The second-order valence-corrected chi connectivity index (χ2v) is 3.83. The van der Waals surface area contributed by atoms with Crippen molar-refractivity contribution < 1.29 is 4.74 Å². The van der Waals surface area contributed by atoms with Gasteiger partial charge in [-0.1, -0.05) is 6.07 Å². The smallest absolute Gasteiger partial charge is 0.234 e. The van der Waals surface area contributed by atoms with E-state index in [-0.39, 0.29) is 22.8 Å². The summed E-state index contributed by atoms with van der Waals surface area (Å²) in [7, 11) is 0. The quantitative estimate of drug-likeness (QED) is 0.907. The van der Waals surface area contributed by atoms with Crippen LogP contribution in [0.1, 0.15) is 18.1 Å². The van der Waals surface area contributed by atoms with E-state index in [1.807, 2.05) is 12.1 Å². The van der Waals surface area contributed by atoms with Crippen LogP contribution in [0.2, 0.25) is 0 Å². The van der Waals surface area contributed by atoms with E-state index in [1.54, 1.807) is 31.5 Å². The van der Waals surface area contributed by atoms with E-state index in [2.05, 4.69) is 9.97 Å². The molecule has 2 aromatic rings. The van der Waals surface area contributed by atoms with E-state index in [0.717, 1.165) is 0 Å². The molecule has 0 aliphatic rings. The highest BCUT2D eigenvalue weighted by Crippen LogP contribution is 2.34. The van der Waals surface area contributed by atoms with Gasteiger partial charge in [0.05, 0.1) is 6.61 Å². The van der Waals surface area contributed by atoms with E-state index >= 15 is 0 Å². The predicted octanol–water partition coefficient (Wildman–Crippen LogP) is 1.87. The van der Waals surface area contributed by atoms with Gasteiger partial charge in [-0.15, -0.1) is 0 Å². The Morgan fingerprint density at radius 1 is 1.30 bits per heavy atom. The average molecular weight is 265 g/mol. The number of nitriles is 2. The van der Waals surface area contributed by atoms with E-state index in [0.29, 0.717) is 17.7 Å². The van der Waals surface area contributed by atoms with Crippen molar-refractivity contribution in [3.8, 4) is 29.1 Å². The fourth-order valence-corrected chi connectivity index (χ4v) is 1.84. The zero-order valence-electron chi connectivity index (χ0n) is 10.8. The summed E-state index contributed by atoms with van der Waals surface area (Å²) in [5.41, 5.74) is 7.14. The van der Waals surface area contributed by atoms with E-state index < -0.39 is 0 Å². The van der Waals surface area contributed by atoms with Gasteiger partial charge in [0.1, 0.15) is 29.1 Å². The maximum absolute atomic E-state index is 9.36. The predicted molar refractivity (Wildman–Crippen MR) is 72.5 cm³/mol. The molecule has 0 bridgehead atoms. The molecule has 20 heavy (non-hydrogen) atoms. The number of aromatic nitrogens is 2. The van der Waals surface area contributed by atoms with Crippen molar-refractivity contribution in [3.63, 3.8) is 0 Å². The van der Waals surface area contributed by atoms with Crippen molar-refractivity contribution in [1.82, 2.24) is 9.97 Å². The van der Waals surface area contributed by atoms with Gasteiger partial charge in [0.2, 0.25) is 5.88 Å². The zero-order valence-corrected chi connectivity index (χ0v) is 10.8. The normalized spacial score (nSPS) is 9.55. The van der Waals surface area contributed by atoms with Gasteiger partial charge in [0.15, 0.2) is 0 Å². The van der Waals surface area contributed by atoms with Crippen LogP contribution in [0.3, 0.4) is 0 Å². The molecule has 0 unspecified atom stereocenters. The fourth-order valence-electron chi connectivity index (χ4n) is 1.84. The molecule has 0 aliphatic heterocycles. The Kier molecular flexibility index (Phi) is 3.78. The molecule has 6 nitrogen and oxygen atoms in total. The molecule has 0 spiro atoms. The molecule has 0 fully saturated rings. The lowest BCUT2D eigenvalue weighted by Gasteiger charge is -2.12. The first-order valence-electron chi connectivity index (χ1n) is 5.89. The number of nitrogens with two attached hydrogens (primary N) is 1. The van der Waals surface area contributed by atoms with Gasteiger partial charge in [0, 0.05) is 23.5 Å². The minimum absolute atomic E-state index is 0.0359. The third kappa shape index (κ3) is 2.23. The Hall–Kier alpha value is -3.12. The van der Waals surface area contributed by atoms with Crippen LogP contribution in [0.25, 0.3) is 11.1 Å². The van der Waals surface area contributed by atoms with Crippen molar-refractivity contribution in [2.75, 3.05) is 12.3 Å². The topological polar surface area (TPSA) is 109 Å². The van der Waals surface area contributed by atoms with Gasteiger partial charge < -0.3 is 10.5 Å². The summed E-state index contributed by atoms with van der Waals surface area (Å²) in [4.78, 5) is 7.98. The number of pyridine rings is 2. The first-order valence-corrected chi connectivity index (χ1v) is 5.89. The lowest BCUT2D eigenvalue weighted by atomic mass is 9.98. The minimum Gasteiger partial charge on any atom is -0.477 e. The van der Waals surface area contributed by atoms with Crippen LogP contribution < -0.4 is 10.5 Å². The van der Waals surface area contributed by atoms with Crippen molar-refractivity contribution in [2.24, 2.45) is 0 Å². The van der Waals surface area contributed by atoms with Gasteiger partial charge in [-0.3, -0.25) is 4.98 Å². The number of hydrogen-bond acceptors (Lipinski definition) is 6. The monoisotopic (exact) mass is 265 g/mol. The molecular weight excluding hydrogens is 254 g/mol. The van der Waals surface area contributed by atoms with Crippen LogP contribution >= 0.6 is 0 Å². The summed E-state index contributed by atoms with van der Waals surface area (Å²) < 4.78 is 5.33. The van der Waals surface area contributed by atoms with Crippen LogP contribution in [0.5, 0.6) is 5.88 Å². The van der Waals surface area contributed by atoms with Crippen LogP contribution in [0.4, 0.5) is 5.82 Å². The molecular formula is C14H11N5O. The van der Waals surface area contributed by atoms with Crippen molar-refractivity contribution in [3.05, 3.63) is 35.7 Å². The molecule has 0 saturated carbocycles. The van der Waals surface area contributed by atoms with E-state index in [4.69, 9.17) is 10.5 Å². The number of hydrogen-bond donors (Lipinski definition) is 1. The Morgan fingerprint density at radius 2 is 2.05 bits per heavy atom. The third-order valence-electron chi connectivity index (χ3n) is 2.65. The summed E-state index contributed by atoms with van der Waals surface area (Å²) in [5.74, 6) is 0.166. The molecule has 0 aliphatic carbocycles. The highest BCUT2D eigenvalue weighted by atomic mass is 16.5. The van der Waals surface area contributed by atoms with Crippen molar-refractivity contribution in [2.45, 2.75) is 6.92 Å². The minimum atomic E-state index is 0.0359. The first-order chi connectivity index (χ1) is 9.72. The van der Waals surface area contributed by atoms with Crippen LogP contribution in [0.15, 0.2) is 24.5 Å². The maximum Gasteiger partial charge on any atom is 0.234 e. The number of ether oxygens (including phenoxy) is 1. The first kappa shape index (κ1) is 13.3. The second-order valence-electron chi connectivity index (χ2n) is 3.83. The highest BCUT2D eigenvalue weighted by molar-refractivity contribution is 5.81. The Balaban J connectivity index is 2.83. The molecule has 2 rings (SSSR count). The molecule has 0 atom stereocenters. The summed E-state index contributed by atoms with van der Waals surface area (Å²) in [6, 6.07) is 7.48. The Morgan fingerprint density at radius 3 is 2.60 bits per heavy atom. The van der Waals surface area contributed by atoms with E-state index in [1.165, 1.54) is 0 Å². The Labute approximate surface area is 116 Å². The SMILES string of the molecule is CCOc1nc(N)c(C#N)c(-c2cccnc2)c1C#N. The summed E-state index contributed by atoms with van der Waals surface area (Å²) in [6.07, 6.45) is 3.17. The molecule has 98 valence electrons. The average Bonchev–Trinajstić information content (AvgIpc) is 2.48. The number of nitrogen functional groups attached to an aromatic ring is 1. The van der Waals surface area contributed by atoms with Gasteiger partial charge in [-0.05, 0) is 13.0 Å². The number of anilines is 1. The lowest BCUT2D eigenvalue weighted by Crippen LogP contribution is -2.06. The number of nitrogens with zero attached hydrogens (tertiary/aromatic N) is 4. The third-order valence-corrected chi connectivity index (χ3v) is 2.65. The Bertz CT molecular complexity index is 713. The van der Waals surface area contributed by atoms with Gasteiger partial charge in [-0.25, -0.2) is 0 Å². The summed E-state index contributed by atoms with van der Waals surface area (Å²) >= 11 is 0. The zero-order chi connectivity index (χ0) is 14.5. The molecule has 0 radical (unpaired) electrons. The van der Waals surface area contributed by atoms with Crippen molar-refractivity contribution >= 4 is 5.82 Å². The molecule has 2 aromatic heterocycles. The van der Waals surface area contributed by atoms with E-state index in [9.17, 15) is 10.5 Å². The van der Waals surface area contributed by atoms with Gasteiger partial charge >= 0.3 is 0 Å². The molecule has 0 aromatic carbocycles. The van der Waals surface area contributed by atoms with Crippen LogP contribution in [-0.4, -0.2) is 16.6 Å². The second kappa shape index (κ2) is 5.68. The number of rotatable bonds is 3. The molecule has 0 amide bonds. The standard InChI is InChI=1S/C14H11N5O/c1-2-20-14-11(7-16)12(9-4-3-5-18-8-9)10(6-15)13(17)19-14/h3-5,8H,2H2,1H3,(H2,17,19). The molecule has 6 heteroatoms. The molecule has 2 heterocycles.